The third kappa shape index (κ3) is 3.94. The van der Waals surface area contributed by atoms with Crippen molar-refractivity contribution in [3.63, 3.8) is 0 Å². The Morgan fingerprint density at radius 3 is 2.64 bits per heavy atom. The Morgan fingerprint density at radius 2 is 2.09 bits per heavy atom. The summed E-state index contributed by atoms with van der Waals surface area (Å²) >= 11 is 8.75. The molecule has 2 nitrogen and oxygen atoms in total. The molecule has 0 aliphatic carbocycles. The zero-order valence-corrected chi connectivity index (χ0v) is 8.26. The minimum absolute atomic E-state index is 0.601. The predicted molar refractivity (Wildman–Crippen MR) is 55.3 cm³/mol. The van der Waals surface area contributed by atoms with E-state index in [4.69, 9.17) is 12.2 Å². The van der Waals surface area contributed by atoms with Gasteiger partial charge in [-0.25, -0.2) is 0 Å². The van der Waals surface area contributed by atoms with Gasteiger partial charge in [0.1, 0.15) is 4.32 Å². The zero-order chi connectivity index (χ0) is 8.10. The van der Waals surface area contributed by atoms with E-state index in [0.717, 1.165) is 13.1 Å². The van der Waals surface area contributed by atoms with Crippen LogP contribution >= 0.6 is 24.8 Å². The van der Waals surface area contributed by atoms with E-state index in [1.807, 2.05) is 0 Å². The molecule has 0 bridgehead atoms. The molecule has 0 radical (unpaired) electrons. The summed E-state index contributed by atoms with van der Waals surface area (Å²) in [4.78, 5) is 2.44. The highest BCUT2D eigenvalue weighted by molar-refractivity contribution is 8.11. The first-order chi connectivity index (χ1) is 5.29. The molecule has 4 heteroatoms. The average molecular weight is 190 g/mol. The van der Waals surface area contributed by atoms with Crippen LogP contribution in [0.15, 0.2) is 0 Å². The van der Waals surface area contributed by atoms with Crippen molar-refractivity contribution in [3.05, 3.63) is 0 Å². The molecule has 1 N–H and O–H groups in total. The number of nitrogens with one attached hydrogen (secondary N) is 1. The lowest BCUT2D eigenvalue weighted by atomic mass is 10.4. The average Bonchev–Trinajstić information content (AvgIpc) is 2.39. The summed E-state index contributed by atoms with van der Waals surface area (Å²) in [5, 5.41) is 3.03. The maximum Gasteiger partial charge on any atom is 0.130 e. The maximum absolute atomic E-state index is 4.77. The summed E-state index contributed by atoms with van der Waals surface area (Å²) in [6.45, 7) is 4.53. The van der Waals surface area contributed by atoms with Crippen molar-refractivity contribution >= 4 is 29.2 Å². The normalized spacial score (nSPS) is 18.6. The summed E-state index contributed by atoms with van der Waals surface area (Å²) in [7, 11) is 0. The van der Waals surface area contributed by atoms with Gasteiger partial charge in [-0.05, 0) is 25.9 Å². The quantitative estimate of drug-likeness (QED) is 0.508. The third-order valence-electron chi connectivity index (χ3n) is 1.90. The van der Waals surface area contributed by atoms with Crippen molar-refractivity contribution in [1.29, 1.82) is 0 Å². The highest BCUT2D eigenvalue weighted by Crippen LogP contribution is 2.05. The molecule has 0 unspecified atom stereocenters. The van der Waals surface area contributed by atoms with Crippen LogP contribution < -0.4 is 5.32 Å². The zero-order valence-electron chi connectivity index (χ0n) is 6.55. The van der Waals surface area contributed by atoms with E-state index >= 15 is 0 Å². The highest BCUT2D eigenvalue weighted by Gasteiger charge is 2.09. The molecule has 1 rings (SSSR count). The Hall–Kier alpha value is 0.200. The molecule has 0 aromatic carbocycles. The van der Waals surface area contributed by atoms with Crippen LogP contribution in [0.1, 0.15) is 12.8 Å². The van der Waals surface area contributed by atoms with Gasteiger partial charge in [-0.1, -0.05) is 12.2 Å². The lowest BCUT2D eigenvalue weighted by Crippen LogP contribution is -2.30. The molecule has 1 heterocycles. The van der Waals surface area contributed by atoms with E-state index in [1.54, 1.807) is 0 Å². The second kappa shape index (κ2) is 4.95. The summed E-state index contributed by atoms with van der Waals surface area (Å²) in [5.41, 5.74) is 0. The summed E-state index contributed by atoms with van der Waals surface area (Å²) in [6, 6.07) is 0. The second-order valence-electron chi connectivity index (χ2n) is 2.78. The smallest absolute Gasteiger partial charge is 0.130 e. The molecule has 0 amide bonds. The van der Waals surface area contributed by atoms with Crippen LogP contribution in [0.4, 0.5) is 0 Å². The second-order valence-corrected chi connectivity index (χ2v) is 3.94. The van der Waals surface area contributed by atoms with Gasteiger partial charge >= 0.3 is 0 Å². The molecule has 11 heavy (non-hydrogen) atoms. The van der Waals surface area contributed by atoms with Crippen LogP contribution in [-0.4, -0.2) is 35.4 Å². The molecule has 64 valence electrons. The Labute approximate surface area is 78.7 Å². The fourth-order valence-corrected chi connectivity index (χ4v) is 1.54. The Bertz CT molecular complexity index is 132. The van der Waals surface area contributed by atoms with Gasteiger partial charge in [0.05, 0.1) is 0 Å². The first-order valence-electron chi connectivity index (χ1n) is 3.98. The number of hydrogen-bond donors (Lipinski definition) is 2. The summed E-state index contributed by atoms with van der Waals surface area (Å²) in [6.07, 6.45) is 2.71. The van der Waals surface area contributed by atoms with Crippen molar-refractivity contribution in [2.45, 2.75) is 12.8 Å². The Morgan fingerprint density at radius 1 is 1.45 bits per heavy atom. The minimum Gasteiger partial charge on any atom is -0.370 e. The van der Waals surface area contributed by atoms with Crippen LogP contribution in [0.5, 0.6) is 0 Å². The van der Waals surface area contributed by atoms with E-state index in [2.05, 4.69) is 22.8 Å². The largest absolute Gasteiger partial charge is 0.370 e. The Balaban J connectivity index is 1.98. The van der Waals surface area contributed by atoms with Gasteiger partial charge in [-0.3, -0.25) is 0 Å². The lowest BCUT2D eigenvalue weighted by molar-refractivity contribution is 0.344. The molecule has 1 aliphatic rings. The van der Waals surface area contributed by atoms with Crippen LogP contribution in [0.3, 0.4) is 0 Å². The summed E-state index contributed by atoms with van der Waals surface area (Å²) < 4.78 is 0.601. The van der Waals surface area contributed by atoms with Gasteiger partial charge in [-0.15, -0.1) is 12.6 Å². The van der Waals surface area contributed by atoms with Gasteiger partial charge in [0.15, 0.2) is 0 Å². The fourth-order valence-electron chi connectivity index (χ4n) is 1.33. The van der Waals surface area contributed by atoms with Crippen molar-refractivity contribution in [1.82, 2.24) is 10.2 Å². The lowest BCUT2D eigenvalue weighted by Gasteiger charge is -2.14. The number of likely N-dealkylation sites (tertiary alicyclic amines) is 1. The highest BCUT2D eigenvalue weighted by atomic mass is 32.1. The summed E-state index contributed by atoms with van der Waals surface area (Å²) in [5.74, 6) is 0. The van der Waals surface area contributed by atoms with Crippen molar-refractivity contribution < 1.29 is 0 Å². The van der Waals surface area contributed by atoms with Gasteiger partial charge in [0, 0.05) is 13.1 Å². The first-order valence-corrected chi connectivity index (χ1v) is 4.84. The molecular formula is C7H14N2S2. The number of hydrogen-bond acceptors (Lipinski definition) is 2. The van der Waals surface area contributed by atoms with Crippen molar-refractivity contribution in [3.8, 4) is 0 Å². The van der Waals surface area contributed by atoms with Gasteiger partial charge in [0.2, 0.25) is 0 Å². The molecule has 0 spiro atoms. The van der Waals surface area contributed by atoms with E-state index in [1.165, 1.54) is 25.9 Å². The molecular weight excluding hydrogens is 176 g/mol. The SMILES string of the molecule is S=C(S)NCCN1CCCC1. The maximum atomic E-state index is 4.77. The van der Waals surface area contributed by atoms with Crippen LogP contribution in [0.25, 0.3) is 0 Å². The van der Waals surface area contributed by atoms with Gasteiger partial charge < -0.3 is 10.2 Å². The molecule has 1 aliphatic heterocycles. The predicted octanol–water partition coefficient (Wildman–Crippen LogP) is 0.887. The topological polar surface area (TPSA) is 15.3 Å². The molecule has 0 atom stereocenters. The number of nitrogens with zero attached hydrogens (tertiary/aromatic N) is 1. The fraction of sp³-hybridized carbons (Fsp3) is 0.857. The molecule has 1 saturated heterocycles. The van der Waals surface area contributed by atoms with Crippen molar-refractivity contribution in [2.24, 2.45) is 0 Å². The first kappa shape index (κ1) is 9.29. The minimum atomic E-state index is 0.601. The molecule has 0 saturated carbocycles. The standard InChI is InChI=1S/C7H14N2S2/c10-7(11)8-3-6-9-4-1-2-5-9/h1-6H2,(H2,8,10,11). The number of rotatable bonds is 3. The van der Waals surface area contributed by atoms with Crippen LogP contribution in [0, 0.1) is 0 Å². The van der Waals surface area contributed by atoms with Crippen LogP contribution in [-0.2, 0) is 0 Å². The van der Waals surface area contributed by atoms with E-state index in [-0.39, 0.29) is 0 Å². The van der Waals surface area contributed by atoms with E-state index in [0.29, 0.717) is 4.32 Å². The van der Waals surface area contributed by atoms with Crippen molar-refractivity contribution in [2.75, 3.05) is 26.2 Å². The third-order valence-corrected chi connectivity index (χ3v) is 2.21. The Kier molecular flexibility index (Phi) is 4.18. The monoisotopic (exact) mass is 190 g/mol. The molecule has 0 aromatic rings. The van der Waals surface area contributed by atoms with E-state index < -0.39 is 0 Å². The number of thiol groups is 1. The molecule has 0 aromatic heterocycles. The molecule has 1 fully saturated rings. The van der Waals surface area contributed by atoms with Crippen LogP contribution in [0.2, 0.25) is 0 Å². The number of thiocarbonyl (C=S) groups is 1. The van der Waals surface area contributed by atoms with Gasteiger partial charge in [0.25, 0.3) is 0 Å². The van der Waals surface area contributed by atoms with E-state index in [9.17, 15) is 0 Å². The van der Waals surface area contributed by atoms with Gasteiger partial charge in [-0.2, -0.15) is 0 Å².